The number of benzene rings is 1. The first-order valence-electron chi connectivity index (χ1n) is 5.92. The number of nitrogens with one attached hydrogen (secondary N) is 1. The Morgan fingerprint density at radius 2 is 2.06 bits per heavy atom. The lowest BCUT2D eigenvalue weighted by atomic mass is 10.1. The van der Waals surface area contributed by atoms with Crippen molar-refractivity contribution in [2.24, 2.45) is 0 Å². The zero-order valence-corrected chi connectivity index (χ0v) is 10.4. The van der Waals surface area contributed by atoms with Crippen LogP contribution in [-0.2, 0) is 0 Å². The van der Waals surface area contributed by atoms with Gasteiger partial charge in [0.1, 0.15) is 5.82 Å². The van der Waals surface area contributed by atoms with Crippen LogP contribution in [0.25, 0.3) is 10.9 Å². The number of nitrogens with zero attached hydrogens (tertiary/aromatic N) is 2. The Balaban J connectivity index is 2.61. The summed E-state index contributed by atoms with van der Waals surface area (Å²) in [5, 5.41) is 3.86. The third-order valence-electron chi connectivity index (χ3n) is 2.68. The van der Waals surface area contributed by atoms with Crippen LogP contribution in [-0.4, -0.2) is 16.5 Å². The molecule has 0 unspecified atom stereocenters. The average molecular weight is 251 g/mol. The van der Waals surface area contributed by atoms with Crippen molar-refractivity contribution >= 4 is 16.7 Å². The van der Waals surface area contributed by atoms with Gasteiger partial charge >= 0.3 is 0 Å². The van der Waals surface area contributed by atoms with Gasteiger partial charge in [-0.1, -0.05) is 19.1 Å². The maximum atomic E-state index is 12.8. The molecule has 0 aliphatic rings. The highest BCUT2D eigenvalue weighted by molar-refractivity contribution is 5.91. The number of hydrogen-bond donors (Lipinski definition) is 1. The molecule has 0 bridgehead atoms. The van der Waals surface area contributed by atoms with Crippen LogP contribution in [0.5, 0.6) is 0 Å². The minimum absolute atomic E-state index is 0.421. The van der Waals surface area contributed by atoms with Crippen LogP contribution in [0.4, 0.5) is 14.6 Å². The molecule has 1 aromatic carbocycles. The molecular formula is C13H15F2N3. The van der Waals surface area contributed by atoms with E-state index in [1.54, 1.807) is 0 Å². The van der Waals surface area contributed by atoms with Crippen molar-refractivity contribution in [1.82, 2.24) is 9.97 Å². The summed E-state index contributed by atoms with van der Waals surface area (Å²) in [6.45, 7) is 4.56. The smallest absolute Gasteiger partial charge is 0.297 e. The normalized spacial score (nSPS) is 11.2. The number of halogens is 2. The molecule has 1 N–H and O–H groups in total. The van der Waals surface area contributed by atoms with E-state index < -0.39 is 12.2 Å². The molecule has 0 saturated heterocycles. The van der Waals surface area contributed by atoms with Crippen molar-refractivity contribution in [2.45, 2.75) is 26.7 Å². The highest BCUT2D eigenvalue weighted by Crippen LogP contribution is 2.26. The van der Waals surface area contributed by atoms with Crippen molar-refractivity contribution < 1.29 is 8.78 Å². The SMILES string of the molecule is CCCNc1nc(C(F)F)nc2c(C)cccc12. The highest BCUT2D eigenvalue weighted by atomic mass is 19.3. The maximum Gasteiger partial charge on any atom is 0.297 e. The maximum absolute atomic E-state index is 12.8. The molecule has 2 aromatic rings. The van der Waals surface area contributed by atoms with Gasteiger partial charge < -0.3 is 5.32 Å². The van der Waals surface area contributed by atoms with Crippen molar-refractivity contribution in [3.63, 3.8) is 0 Å². The van der Waals surface area contributed by atoms with Gasteiger partial charge in [-0.2, -0.15) is 0 Å². The molecule has 0 aliphatic carbocycles. The molecule has 0 radical (unpaired) electrons. The molecule has 0 fully saturated rings. The fourth-order valence-electron chi connectivity index (χ4n) is 1.79. The summed E-state index contributed by atoms with van der Waals surface area (Å²) in [5.41, 5.74) is 1.46. The monoisotopic (exact) mass is 251 g/mol. The average Bonchev–Trinajstić information content (AvgIpc) is 2.36. The minimum Gasteiger partial charge on any atom is -0.369 e. The number of aromatic nitrogens is 2. The summed E-state index contributed by atoms with van der Waals surface area (Å²) in [5.74, 6) is 0.0660. The molecule has 2 rings (SSSR count). The summed E-state index contributed by atoms with van der Waals surface area (Å²) >= 11 is 0. The van der Waals surface area contributed by atoms with Crippen LogP contribution in [0.1, 0.15) is 31.2 Å². The number of hydrogen-bond acceptors (Lipinski definition) is 3. The van der Waals surface area contributed by atoms with E-state index in [9.17, 15) is 8.78 Å². The van der Waals surface area contributed by atoms with Gasteiger partial charge in [0.05, 0.1) is 5.52 Å². The van der Waals surface area contributed by atoms with E-state index in [2.05, 4.69) is 15.3 Å². The van der Waals surface area contributed by atoms with E-state index in [4.69, 9.17) is 0 Å². The molecule has 5 heteroatoms. The van der Waals surface area contributed by atoms with Crippen molar-refractivity contribution in [3.8, 4) is 0 Å². The van der Waals surface area contributed by atoms with E-state index in [0.717, 1.165) is 17.4 Å². The van der Waals surface area contributed by atoms with Gasteiger partial charge in [-0.3, -0.25) is 0 Å². The fourth-order valence-corrected chi connectivity index (χ4v) is 1.79. The molecule has 0 amide bonds. The van der Waals surface area contributed by atoms with Gasteiger partial charge in [-0.15, -0.1) is 0 Å². The van der Waals surface area contributed by atoms with E-state index in [1.165, 1.54) is 0 Å². The van der Waals surface area contributed by atoms with Gasteiger partial charge in [0.2, 0.25) is 0 Å². The molecule has 96 valence electrons. The summed E-state index contributed by atoms with van der Waals surface area (Å²) in [6.07, 6.45) is -1.75. The van der Waals surface area contributed by atoms with Crippen LogP contribution in [0.15, 0.2) is 18.2 Å². The third kappa shape index (κ3) is 2.39. The Morgan fingerprint density at radius 1 is 1.28 bits per heavy atom. The van der Waals surface area contributed by atoms with E-state index in [-0.39, 0.29) is 0 Å². The summed E-state index contributed by atoms with van der Waals surface area (Å²) in [4.78, 5) is 7.85. The summed E-state index contributed by atoms with van der Waals surface area (Å²) in [7, 11) is 0. The number of alkyl halides is 2. The molecule has 3 nitrogen and oxygen atoms in total. The summed E-state index contributed by atoms with van der Waals surface area (Å²) in [6, 6.07) is 5.57. The number of aryl methyl sites for hydroxylation is 1. The van der Waals surface area contributed by atoms with Gasteiger partial charge in [-0.05, 0) is 25.0 Å². The van der Waals surface area contributed by atoms with E-state index >= 15 is 0 Å². The van der Waals surface area contributed by atoms with Crippen molar-refractivity contribution in [2.75, 3.05) is 11.9 Å². The van der Waals surface area contributed by atoms with Crippen LogP contribution in [0, 0.1) is 6.92 Å². The lowest BCUT2D eigenvalue weighted by Crippen LogP contribution is -2.07. The lowest BCUT2D eigenvalue weighted by Gasteiger charge is -2.11. The zero-order valence-electron chi connectivity index (χ0n) is 10.4. The number of rotatable bonds is 4. The summed E-state index contributed by atoms with van der Waals surface area (Å²) < 4.78 is 25.6. The van der Waals surface area contributed by atoms with Crippen molar-refractivity contribution in [3.05, 3.63) is 29.6 Å². The first-order valence-corrected chi connectivity index (χ1v) is 5.92. The topological polar surface area (TPSA) is 37.8 Å². The standard InChI is InChI=1S/C13H15F2N3/c1-3-7-16-12-9-6-4-5-8(2)10(9)17-13(18-12)11(14)15/h4-6,11H,3,7H2,1-2H3,(H,16,17,18). The van der Waals surface area contributed by atoms with Crippen molar-refractivity contribution in [1.29, 1.82) is 0 Å². The number of para-hydroxylation sites is 1. The molecule has 18 heavy (non-hydrogen) atoms. The molecule has 0 aliphatic heterocycles. The van der Waals surface area contributed by atoms with Crippen LogP contribution < -0.4 is 5.32 Å². The predicted molar refractivity (Wildman–Crippen MR) is 68.0 cm³/mol. The number of anilines is 1. The first-order chi connectivity index (χ1) is 8.63. The Kier molecular flexibility index (Phi) is 3.69. The van der Waals surface area contributed by atoms with Crippen LogP contribution in [0.3, 0.4) is 0 Å². The molecule has 0 spiro atoms. The predicted octanol–water partition coefficient (Wildman–Crippen LogP) is 3.70. The van der Waals surface area contributed by atoms with Crippen LogP contribution in [0.2, 0.25) is 0 Å². The Morgan fingerprint density at radius 3 is 2.72 bits per heavy atom. The van der Waals surface area contributed by atoms with Crippen LogP contribution >= 0.6 is 0 Å². The second kappa shape index (κ2) is 5.25. The third-order valence-corrected chi connectivity index (χ3v) is 2.68. The van der Waals surface area contributed by atoms with Gasteiger partial charge in [-0.25, -0.2) is 18.7 Å². The van der Waals surface area contributed by atoms with Gasteiger partial charge in [0, 0.05) is 11.9 Å². The Bertz CT molecular complexity index is 555. The molecule has 0 saturated carbocycles. The molecule has 1 aromatic heterocycles. The number of fused-ring (bicyclic) bond motifs is 1. The largest absolute Gasteiger partial charge is 0.369 e. The highest BCUT2D eigenvalue weighted by Gasteiger charge is 2.15. The lowest BCUT2D eigenvalue weighted by molar-refractivity contribution is 0.141. The van der Waals surface area contributed by atoms with Gasteiger partial charge in [0.25, 0.3) is 6.43 Å². The molecule has 1 heterocycles. The second-order valence-corrected chi connectivity index (χ2v) is 4.13. The molecular weight excluding hydrogens is 236 g/mol. The van der Waals surface area contributed by atoms with E-state index in [0.29, 0.717) is 17.9 Å². The second-order valence-electron chi connectivity index (χ2n) is 4.13. The Labute approximate surface area is 104 Å². The van der Waals surface area contributed by atoms with Gasteiger partial charge in [0.15, 0.2) is 5.82 Å². The zero-order chi connectivity index (χ0) is 13.1. The first kappa shape index (κ1) is 12.7. The quantitative estimate of drug-likeness (QED) is 0.900. The Hall–Kier alpha value is -1.78. The fraction of sp³-hybridized carbons (Fsp3) is 0.385. The minimum atomic E-state index is -2.66. The van der Waals surface area contributed by atoms with E-state index in [1.807, 2.05) is 32.0 Å². The molecule has 0 atom stereocenters.